The van der Waals surface area contributed by atoms with Gasteiger partial charge in [0.05, 0.1) is 0 Å². The number of hydrogen-bond acceptors (Lipinski definition) is 4. The molecule has 0 heterocycles. The molecule has 0 aliphatic heterocycles. The molecule has 0 radical (unpaired) electrons. The monoisotopic (exact) mass is 480 g/mol. The minimum Gasteiger partial charge on any atom is -0.480 e. The van der Waals surface area contributed by atoms with E-state index in [0.29, 0.717) is 5.92 Å². The van der Waals surface area contributed by atoms with Crippen LogP contribution in [0.5, 0.6) is 0 Å². The van der Waals surface area contributed by atoms with Crippen molar-refractivity contribution in [3.05, 3.63) is 59.7 Å². The van der Waals surface area contributed by atoms with Crippen molar-refractivity contribution in [1.29, 1.82) is 0 Å². The van der Waals surface area contributed by atoms with E-state index in [1.165, 1.54) is 11.1 Å². The van der Waals surface area contributed by atoms with Gasteiger partial charge in [0.1, 0.15) is 12.6 Å². The van der Waals surface area contributed by atoms with E-state index in [1.54, 1.807) is 13.8 Å². The number of benzene rings is 2. The molecule has 0 fully saturated rings. The summed E-state index contributed by atoms with van der Waals surface area (Å²) in [5, 5.41) is 14.7. The summed E-state index contributed by atoms with van der Waals surface area (Å²) in [6.07, 6.45) is 0.334. The maximum absolute atomic E-state index is 12.5. The summed E-state index contributed by atoms with van der Waals surface area (Å²) in [6.45, 7) is 8.11. The quantitative estimate of drug-likeness (QED) is 0.428. The van der Waals surface area contributed by atoms with E-state index in [9.17, 15) is 19.5 Å². The zero-order valence-electron chi connectivity index (χ0n) is 20.9. The Labute approximate surface area is 207 Å². The summed E-state index contributed by atoms with van der Waals surface area (Å²) in [7, 11) is 0. The summed E-state index contributed by atoms with van der Waals surface area (Å²) in [6, 6.07) is 15.4. The first-order chi connectivity index (χ1) is 16.7. The summed E-state index contributed by atoms with van der Waals surface area (Å²) in [5.74, 6) is -1.43. The third-order valence-corrected chi connectivity index (χ3v) is 6.41. The van der Waals surface area contributed by atoms with Crippen LogP contribution in [0.3, 0.4) is 0 Å². The fraction of sp³-hybridized carbons (Fsp3) is 0.464. The molecule has 7 nitrogen and oxygen atoms in total. The van der Waals surface area contributed by atoms with E-state index < -0.39 is 18.1 Å². The average molecular weight is 481 g/mol. The SMILES string of the molecule is CC(C)CC(CNC(=O)OCC1c2ccccc2-c2ccccc21)CC(=O)NC(C(=O)O)C(C)C. The van der Waals surface area contributed by atoms with E-state index in [4.69, 9.17) is 4.74 Å². The highest BCUT2D eigenvalue weighted by Gasteiger charge is 2.29. The van der Waals surface area contributed by atoms with Crippen LogP contribution < -0.4 is 10.6 Å². The van der Waals surface area contributed by atoms with Gasteiger partial charge in [0.2, 0.25) is 5.91 Å². The van der Waals surface area contributed by atoms with Crippen molar-refractivity contribution in [2.45, 2.75) is 52.5 Å². The fourth-order valence-corrected chi connectivity index (χ4v) is 4.79. The van der Waals surface area contributed by atoms with Crippen molar-refractivity contribution in [1.82, 2.24) is 10.6 Å². The highest BCUT2D eigenvalue weighted by molar-refractivity contribution is 5.84. The maximum Gasteiger partial charge on any atom is 0.407 e. The smallest absolute Gasteiger partial charge is 0.407 e. The van der Waals surface area contributed by atoms with E-state index in [0.717, 1.165) is 17.5 Å². The first-order valence-corrected chi connectivity index (χ1v) is 12.3. The Kier molecular flexibility index (Phi) is 8.90. The van der Waals surface area contributed by atoms with E-state index in [2.05, 4.69) is 34.9 Å². The van der Waals surface area contributed by atoms with Gasteiger partial charge >= 0.3 is 12.1 Å². The molecule has 1 aliphatic carbocycles. The standard InChI is InChI=1S/C28H36N2O5/c1-17(2)13-19(14-25(31)30-26(18(3)4)27(32)33)15-29-28(34)35-16-24-22-11-7-5-9-20(22)21-10-6-8-12-23(21)24/h5-12,17-19,24,26H,13-16H2,1-4H3,(H,29,34)(H,30,31)(H,32,33). The predicted octanol–water partition coefficient (Wildman–Crippen LogP) is 4.80. The zero-order chi connectivity index (χ0) is 25.5. The molecule has 1 aliphatic rings. The van der Waals surface area contributed by atoms with Crippen LogP contribution in [0, 0.1) is 17.8 Å². The number of carboxylic acid groups (broad SMARTS) is 1. The lowest BCUT2D eigenvalue weighted by molar-refractivity contribution is -0.143. The molecule has 0 aromatic heterocycles. The van der Waals surface area contributed by atoms with Gasteiger partial charge in [-0.2, -0.15) is 0 Å². The Morgan fingerprint density at radius 2 is 1.51 bits per heavy atom. The van der Waals surface area contributed by atoms with Crippen LogP contribution in [-0.4, -0.2) is 42.3 Å². The van der Waals surface area contributed by atoms with Gasteiger partial charge < -0.3 is 20.5 Å². The minimum absolute atomic E-state index is 0.0191. The van der Waals surface area contributed by atoms with E-state index in [-0.39, 0.29) is 43.2 Å². The van der Waals surface area contributed by atoms with Gasteiger partial charge in [-0.1, -0.05) is 76.2 Å². The number of carbonyl (C=O) groups excluding carboxylic acids is 2. The summed E-state index contributed by atoms with van der Waals surface area (Å²) < 4.78 is 5.60. The number of aliphatic carboxylic acids is 1. The summed E-state index contributed by atoms with van der Waals surface area (Å²) in [4.78, 5) is 36.5. The van der Waals surface area contributed by atoms with E-state index >= 15 is 0 Å². The second-order valence-corrected chi connectivity index (χ2v) is 10.0. The van der Waals surface area contributed by atoms with Gasteiger partial charge in [-0.25, -0.2) is 9.59 Å². The first kappa shape index (κ1) is 26.3. The number of rotatable bonds is 11. The summed E-state index contributed by atoms with van der Waals surface area (Å²) in [5.41, 5.74) is 4.63. The van der Waals surface area contributed by atoms with Crippen molar-refractivity contribution >= 4 is 18.0 Å². The molecular weight excluding hydrogens is 444 g/mol. The summed E-state index contributed by atoms with van der Waals surface area (Å²) >= 11 is 0. The molecule has 3 rings (SSSR count). The number of nitrogens with one attached hydrogen (secondary N) is 2. The Morgan fingerprint density at radius 1 is 0.943 bits per heavy atom. The van der Waals surface area contributed by atoms with Crippen LogP contribution in [0.25, 0.3) is 11.1 Å². The van der Waals surface area contributed by atoms with Gasteiger partial charge in [0.15, 0.2) is 0 Å². The van der Waals surface area contributed by atoms with Crippen molar-refractivity contribution in [3.8, 4) is 11.1 Å². The minimum atomic E-state index is -1.05. The van der Waals surface area contributed by atoms with Gasteiger partial charge in [-0.3, -0.25) is 4.79 Å². The molecule has 0 saturated carbocycles. The molecule has 2 aromatic carbocycles. The maximum atomic E-state index is 12.5. The lowest BCUT2D eigenvalue weighted by Crippen LogP contribution is -2.45. The molecule has 188 valence electrons. The third kappa shape index (κ3) is 6.84. The van der Waals surface area contributed by atoms with Crippen molar-refractivity contribution in [2.24, 2.45) is 17.8 Å². The lowest BCUT2D eigenvalue weighted by Gasteiger charge is -2.22. The van der Waals surface area contributed by atoms with Crippen molar-refractivity contribution in [2.75, 3.05) is 13.2 Å². The molecule has 0 saturated heterocycles. The molecule has 0 bridgehead atoms. The van der Waals surface area contributed by atoms with Crippen molar-refractivity contribution < 1.29 is 24.2 Å². The van der Waals surface area contributed by atoms with Crippen molar-refractivity contribution in [3.63, 3.8) is 0 Å². The molecule has 0 spiro atoms. The highest BCUT2D eigenvalue weighted by atomic mass is 16.5. The lowest BCUT2D eigenvalue weighted by atomic mass is 9.93. The molecule has 7 heteroatoms. The van der Waals surface area contributed by atoms with E-state index in [1.807, 2.05) is 38.1 Å². The number of carboxylic acids is 1. The third-order valence-electron chi connectivity index (χ3n) is 6.41. The highest BCUT2D eigenvalue weighted by Crippen LogP contribution is 2.44. The van der Waals surface area contributed by atoms with Crippen LogP contribution in [-0.2, 0) is 14.3 Å². The van der Waals surface area contributed by atoms with Crippen LogP contribution in [0.4, 0.5) is 4.79 Å². The number of amides is 2. The van der Waals surface area contributed by atoms with Gasteiger partial charge in [0, 0.05) is 18.9 Å². The van der Waals surface area contributed by atoms with Crippen LogP contribution in [0.15, 0.2) is 48.5 Å². The predicted molar refractivity (Wildman–Crippen MR) is 135 cm³/mol. The Hall–Kier alpha value is -3.35. The number of alkyl carbamates (subject to hydrolysis) is 1. The molecule has 35 heavy (non-hydrogen) atoms. The molecule has 2 unspecified atom stereocenters. The number of hydrogen-bond donors (Lipinski definition) is 3. The number of fused-ring (bicyclic) bond motifs is 3. The largest absolute Gasteiger partial charge is 0.480 e. The topological polar surface area (TPSA) is 105 Å². The Balaban J connectivity index is 1.56. The molecule has 2 aromatic rings. The number of ether oxygens (including phenoxy) is 1. The van der Waals surface area contributed by atoms with Gasteiger partial charge in [-0.15, -0.1) is 0 Å². The van der Waals surface area contributed by atoms with Crippen LogP contribution in [0.2, 0.25) is 0 Å². The fourth-order valence-electron chi connectivity index (χ4n) is 4.79. The number of carbonyl (C=O) groups is 3. The normalized spacial score (nSPS) is 14.2. The molecule has 3 N–H and O–H groups in total. The average Bonchev–Trinajstić information content (AvgIpc) is 3.12. The van der Waals surface area contributed by atoms with Gasteiger partial charge in [0.25, 0.3) is 0 Å². The second-order valence-electron chi connectivity index (χ2n) is 10.0. The first-order valence-electron chi connectivity index (χ1n) is 12.3. The molecular formula is C28H36N2O5. The van der Waals surface area contributed by atoms with Crippen LogP contribution in [0.1, 0.15) is 57.6 Å². The second kappa shape index (κ2) is 11.9. The Bertz CT molecular complexity index is 1000. The zero-order valence-corrected chi connectivity index (χ0v) is 20.9. The van der Waals surface area contributed by atoms with Gasteiger partial charge in [-0.05, 0) is 46.4 Å². The van der Waals surface area contributed by atoms with Crippen LogP contribution >= 0.6 is 0 Å². The molecule has 2 amide bonds. The molecule has 2 atom stereocenters. The Morgan fingerprint density at radius 3 is 2.03 bits per heavy atom.